The molecule has 1 aliphatic rings. The molecule has 3 aromatic rings. The molecule has 0 aliphatic carbocycles. The second kappa shape index (κ2) is 8.59. The lowest BCUT2D eigenvalue weighted by Gasteiger charge is -2.21. The molecular formula is C24H23N7O2. The van der Waals surface area contributed by atoms with Crippen molar-refractivity contribution in [3.8, 4) is 6.07 Å². The van der Waals surface area contributed by atoms with Crippen LogP contribution in [0.3, 0.4) is 0 Å². The van der Waals surface area contributed by atoms with E-state index in [1.54, 1.807) is 12.1 Å². The Morgan fingerprint density at radius 2 is 2.00 bits per heavy atom. The number of amides is 2. The zero-order chi connectivity index (χ0) is 23.6. The van der Waals surface area contributed by atoms with E-state index < -0.39 is 11.3 Å². The van der Waals surface area contributed by atoms with E-state index >= 15 is 0 Å². The van der Waals surface area contributed by atoms with E-state index in [9.17, 15) is 14.9 Å². The standard InChI is InChI=1S/C24H23N7O2/c1-24(2,13-25)14-5-3-6-15(11-14)29-23-28-12-18(20(26)32)21(31-23)30-19-8-4-7-17-16(19)9-10-27-22(17)33/h3-8,11-12H,9-10H2,1-2H3,(H2,26,32)(H,27,33)(H2,28,29,30,31). The van der Waals surface area contributed by atoms with Crippen LogP contribution in [-0.2, 0) is 11.8 Å². The number of primary amides is 1. The van der Waals surface area contributed by atoms with Crippen molar-refractivity contribution in [2.45, 2.75) is 25.7 Å². The van der Waals surface area contributed by atoms with Gasteiger partial charge in [-0.3, -0.25) is 9.59 Å². The Kier molecular flexibility index (Phi) is 5.67. The number of nitrogens with two attached hydrogens (primary N) is 1. The summed E-state index contributed by atoms with van der Waals surface area (Å²) in [5, 5.41) is 18.5. The Morgan fingerprint density at radius 3 is 2.76 bits per heavy atom. The minimum atomic E-state index is -0.677. The maximum absolute atomic E-state index is 12.2. The Morgan fingerprint density at radius 1 is 1.21 bits per heavy atom. The first-order chi connectivity index (χ1) is 15.8. The average Bonchev–Trinajstić information content (AvgIpc) is 2.80. The molecule has 0 bridgehead atoms. The molecule has 1 aliphatic heterocycles. The maximum atomic E-state index is 12.2. The zero-order valence-electron chi connectivity index (χ0n) is 18.3. The normalized spacial score (nSPS) is 12.8. The summed E-state index contributed by atoms with van der Waals surface area (Å²) in [6.45, 7) is 4.21. The van der Waals surface area contributed by atoms with Crippen LogP contribution in [0.15, 0.2) is 48.7 Å². The third kappa shape index (κ3) is 4.45. The third-order valence-corrected chi connectivity index (χ3v) is 5.51. The molecule has 2 heterocycles. The fourth-order valence-electron chi connectivity index (χ4n) is 3.61. The molecule has 5 N–H and O–H groups in total. The molecule has 1 aromatic heterocycles. The SMILES string of the molecule is CC(C)(C#N)c1cccc(Nc2ncc(C(N)=O)c(Nc3cccc4c3CCNC4=O)n2)c1. The van der Waals surface area contributed by atoms with Gasteiger partial charge in [0.15, 0.2) is 0 Å². The van der Waals surface area contributed by atoms with Crippen LogP contribution in [0, 0.1) is 11.3 Å². The number of nitrogens with one attached hydrogen (secondary N) is 3. The first-order valence-electron chi connectivity index (χ1n) is 10.4. The van der Waals surface area contributed by atoms with Crippen molar-refractivity contribution in [3.63, 3.8) is 0 Å². The van der Waals surface area contributed by atoms with Gasteiger partial charge in [0.25, 0.3) is 11.8 Å². The van der Waals surface area contributed by atoms with E-state index in [1.165, 1.54) is 6.20 Å². The number of anilines is 4. The quantitative estimate of drug-likeness (QED) is 0.459. The molecule has 9 heteroatoms. The van der Waals surface area contributed by atoms with Gasteiger partial charge < -0.3 is 21.7 Å². The highest BCUT2D eigenvalue weighted by Gasteiger charge is 2.22. The number of hydrogen-bond acceptors (Lipinski definition) is 7. The van der Waals surface area contributed by atoms with E-state index in [1.807, 2.05) is 44.2 Å². The molecule has 4 rings (SSSR count). The van der Waals surface area contributed by atoms with Crippen LogP contribution in [0.1, 0.15) is 45.7 Å². The van der Waals surface area contributed by atoms with E-state index in [0.29, 0.717) is 29.9 Å². The van der Waals surface area contributed by atoms with Gasteiger partial charge in [-0.15, -0.1) is 0 Å². The molecule has 0 saturated carbocycles. The number of rotatable bonds is 6. The second-order valence-corrected chi connectivity index (χ2v) is 8.23. The van der Waals surface area contributed by atoms with E-state index in [2.05, 4.69) is 32.0 Å². The van der Waals surface area contributed by atoms with Crippen LogP contribution < -0.4 is 21.7 Å². The lowest BCUT2D eigenvalue weighted by atomic mass is 9.86. The van der Waals surface area contributed by atoms with Crippen LogP contribution in [0.5, 0.6) is 0 Å². The molecule has 0 atom stereocenters. The van der Waals surface area contributed by atoms with E-state index in [-0.39, 0.29) is 23.2 Å². The molecule has 0 saturated heterocycles. The minimum Gasteiger partial charge on any atom is -0.365 e. The van der Waals surface area contributed by atoms with Gasteiger partial charge in [0, 0.05) is 29.7 Å². The Hall–Kier alpha value is -4.45. The van der Waals surface area contributed by atoms with Crippen LogP contribution in [-0.4, -0.2) is 28.3 Å². The summed E-state index contributed by atoms with van der Waals surface area (Å²) in [6.07, 6.45) is 2.00. The zero-order valence-corrected chi connectivity index (χ0v) is 18.3. The molecule has 166 valence electrons. The Bertz CT molecular complexity index is 1290. The summed E-state index contributed by atoms with van der Waals surface area (Å²) < 4.78 is 0. The van der Waals surface area contributed by atoms with E-state index in [0.717, 1.165) is 11.1 Å². The molecule has 0 radical (unpaired) electrons. The molecule has 2 amide bonds. The number of nitriles is 1. The third-order valence-electron chi connectivity index (χ3n) is 5.51. The average molecular weight is 441 g/mol. The van der Waals surface area contributed by atoms with Crippen molar-refractivity contribution in [1.82, 2.24) is 15.3 Å². The predicted molar refractivity (Wildman–Crippen MR) is 125 cm³/mol. The number of hydrogen-bond donors (Lipinski definition) is 4. The van der Waals surface area contributed by atoms with Gasteiger partial charge in [0.05, 0.1) is 11.5 Å². The van der Waals surface area contributed by atoms with Crippen LogP contribution in [0.2, 0.25) is 0 Å². The molecule has 2 aromatic carbocycles. The van der Waals surface area contributed by atoms with Gasteiger partial charge in [0.1, 0.15) is 11.4 Å². The lowest BCUT2D eigenvalue weighted by molar-refractivity contribution is 0.0944. The van der Waals surface area contributed by atoms with Crippen LogP contribution in [0.4, 0.5) is 23.1 Å². The Labute approximate surface area is 191 Å². The van der Waals surface area contributed by atoms with Gasteiger partial charge in [0.2, 0.25) is 5.95 Å². The summed E-state index contributed by atoms with van der Waals surface area (Å²) in [6, 6.07) is 15.0. The van der Waals surface area contributed by atoms with E-state index in [4.69, 9.17) is 5.73 Å². The maximum Gasteiger partial charge on any atom is 0.254 e. The summed E-state index contributed by atoms with van der Waals surface area (Å²) in [7, 11) is 0. The van der Waals surface area contributed by atoms with Crippen LogP contribution in [0.25, 0.3) is 0 Å². The highest BCUT2D eigenvalue weighted by atomic mass is 16.2. The molecule has 9 nitrogen and oxygen atoms in total. The lowest BCUT2D eigenvalue weighted by Crippen LogP contribution is -2.32. The van der Waals surface area contributed by atoms with Gasteiger partial charge in [-0.05, 0) is 55.7 Å². The fraction of sp³-hybridized carbons (Fsp3) is 0.208. The largest absolute Gasteiger partial charge is 0.365 e. The van der Waals surface area contributed by atoms with Gasteiger partial charge in [-0.25, -0.2) is 4.98 Å². The predicted octanol–water partition coefficient (Wildman–Crippen LogP) is 3.15. The van der Waals surface area contributed by atoms with Crippen molar-refractivity contribution >= 4 is 35.0 Å². The monoisotopic (exact) mass is 441 g/mol. The Balaban J connectivity index is 1.68. The number of aromatic nitrogens is 2. The van der Waals surface area contributed by atoms with Crippen LogP contribution >= 0.6 is 0 Å². The highest BCUT2D eigenvalue weighted by Crippen LogP contribution is 2.29. The number of benzene rings is 2. The number of carbonyl (C=O) groups is 2. The first kappa shape index (κ1) is 21.8. The van der Waals surface area contributed by atoms with Crippen molar-refractivity contribution < 1.29 is 9.59 Å². The fourth-order valence-corrected chi connectivity index (χ4v) is 3.61. The molecular weight excluding hydrogens is 418 g/mol. The second-order valence-electron chi connectivity index (χ2n) is 8.23. The summed E-state index contributed by atoms with van der Waals surface area (Å²) in [5.74, 6) is -0.338. The molecule has 0 fully saturated rings. The first-order valence-corrected chi connectivity index (χ1v) is 10.4. The molecule has 0 unspecified atom stereocenters. The molecule has 0 spiro atoms. The minimum absolute atomic E-state index is 0.123. The van der Waals surface area contributed by atoms with Gasteiger partial charge >= 0.3 is 0 Å². The van der Waals surface area contributed by atoms with Crippen molar-refractivity contribution in [2.24, 2.45) is 5.73 Å². The summed E-state index contributed by atoms with van der Waals surface area (Å²) >= 11 is 0. The topological polar surface area (TPSA) is 146 Å². The summed E-state index contributed by atoms with van der Waals surface area (Å²) in [5.41, 5.74) is 8.65. The smallest absolute Gasteiger partial charge is 0.254 e. The van der Waals surface area contributed by atoms with Gasteiger partial charge in [-0.1, -0.05) is 18.2 Å². The number of carbonyl (C=O) groups excluding carboxylic acids is 2. The van der Waals surface area contributed by atoms with Crippen molar-refractivity contribution in [1.29, 1.82) is 5.26 Å². The number of nitrogens with zero attached hydrogens (tertiary/aromatic N) is 3. The summed E-state index contributed by atoms with van der Waals surface area (Å²) in [4.78, 5) is 32.9. The van der Waals surface area contributed by atoms with Gasteiger partial charge in [-0.2, -0.15) is 10.2 Å². The van der Waals surface area contributed by atoms with Crippen molar-refractivity contribution in [2.75, 3.05) is 17.2 Å². The molecule has 33 heavy (non-hydrogen) atoms. The van der Waals surface area contributed by atoms with Crippen molar-refractivity contribution in [3.05, 3.63) is 70.9 Å². The highest BCUT2D eigenvalue weighted by molar-refractivity contribution is 6.00. The number of fused-ring (bicyclic) bond motifs is 1.